The summed E-state index contributed by atoms with van der Waals surface area (Å²) in [5, 5.41) is 3.07. The highest BCUT2D eigenvalue weighted by atomic mass is 16.1. The summed E-state index contributed by atoms with van der Waals surface area (Å²) in [6.07, 6.45) is 5.86. The van der Waals surface area contributed by atoms with Gasteiger partial charge in [0.15, 0.2) is 0 Å². The Bertz CT molecular complexity index is 253. The van der Waals surface area contributed by atoms with Gasteiger partial charge in [-0.3, -0.25) is 4.79 Å². The lowest BCUT2D eigenvalue weighted by Crippen LogP contribution is -2.27. The first-order valence-electron chi connectivity index (χ1n) is 5.16. The van der Waals surface area contributed by atoms with Gasteiger partial charge in [0.25, 0.3) is 0 Å². The fourth-order valence-electron chi connectivity index (χ4n) is 1.84. The quantitative estimate of drug-likeness (QED) is 0.658. The fraction of sp³-hybridized carbons (Fsp3) is 0.727. The van der Waals surface area contributed by atoms with E-state index < -0.39 is 0 Å². The van der Waals surface area contributed by atoms with Gasteiger partial charge in [0.2, 0.25) is 5.91 Å². The lowest BCUT2D eigenvalue weighted by molar-refractivity contribution is -0.117. The van der Waals surface area contributed by atoms with E-state index in [1.165, 1.54) is 19.3 Å². The standard InChI is InChI=1S/C11H17NO/c1-3-7(2)11(13)12-10-6-9(10)8-4-5-8/h3,8-10H,4-6H2,1-2H3,(H,12,13)/b7-3-/t9-,10+/m0/s1. The molecule has 2 fully saturated rings. The summed E-state index contributed by atoms with van der Waals surface area (Å²) in [6.45, 7) is 3.77. The maximum Gasteiger partial charge on any atom is 0.246 e. The predicted octanol–water partition coefficient (Wildman–Crippen LogP) is 1.87. The third-order valence-electron chi connectivity index (χ3n) is 3.17. The van der Waals surface area contributed by atoms with E-state index in [2.05, 4.69) is 5.32 Å². The Labute approximate surface area is 79.4 Å². The van der Waals surface area contributed by atoms with Crippen molar-refractivity contribution in [3.8, 4) is 0 Å². The molecule has 2 aliphatic rings. The zero-order valence-electron chi connectivity index (χ0n) is 8.34. The minimum absolute atomic E-state index is 0.121. The monoisotopic (exact) mass is 179 g/mol. The zero-order valence-corrected chi connectivity index (χ0v) is 8.34. The third kappa shape index (κ3) is 1.93. The topological polar surface area (TPSA) is 29.1 Å². The molecule has 2 nitrogen and oxygen atoms in total. The van der Waals surface area contributed by atoms with Gasteiger partial charge in [-0.25, -0.2) is 0 Å². The molecule has 0 aromatic carbocycles. The van der Waals surface area contributed by atoms with Crippen molar-refractivity contribution in [1.82, 2.24) is 5.32 Å². The minimum atomic E-state index is 0.121. The number of nitrogens with one attached hydrogen (secondary N) is 1. The maximum atomic E-state index is 11.4. The van der Waals surface area contributed by atoms with Crippen LogP contribution in [0.2, 0.25) is 0 Å². The summed E-state index contributed by atoms with van der Waals surface area (Å²) >= 11 is 0. The number of carbonyl (C=O) groups excluding carboxylic acids is 1. The van der Waals surface area contributed by atoms with Gasteiger partial charge in [-0.05, 0) is 44.9 Å². The van der Waals surface area contributed by atoms with Crippen LogP contribution in [-0.4, -0.2) is 11.9 Å². The van der Waals surface area contributed by atoms with Gasteiger partial charge >= 0.3 is 0 Å². The third-order valence-corrected chi connectivity index (χ3v) is 3.17. The summed E-state index contributed by atoms with van der Waals surface area (Å²) in [6, 6.07) is 0.495. The van der Waals surface area contributed by atoms with Gasteiger partial charge in [0.05, 0.1) is 0 Å². The van der Waals surface area contributed by atoms with Gasteiger partial charge in [-0.2, -0.15) is 0 Å². The lowest BCUT2D eigenvalue weighted by atomic mass is 10.2. The Morgan fingerprint density at radius 1 is 1.46 bits per heavy atom. The molecule has 2 heteroatoms. The first-order valence-corrected chi connectivity index (χ1v) is 5.16. The molecule has 2 rings (SSSR count). The highest BCUT2D eigenvalue weighted by molar-refractivity contribution is 5.93. The largest absolute Gasteiger partial charge is 0.349 e. The number of hydrogen-bond acceptors (Lipinski definition) is 1. The molecule has 0 aromatic rings. The number of amides is 1. The van der Waals surface area contributed by atoms with Crippen LogP contribution in [0.1, 0.15) is 33.1 Å². The lowest BCUT2D eigenvalue weighted by Gasteiger charge is -2.03. The van der Waals surface area contributed by atoms with Crippen LogP contribution in [0.15, 0.2) is 11.6 Å². The highest BCUT2D eigenvalue weighted by Crippen LogP contribution is 2.49. The second-order valence-corrected chi connectivity index (χ2v) is 4.29. The number of allylic oxidation sites excluding steroid dienone is 1. The smallest absolute Gasteiger partial charge is 0.246 e. The number of rotatable bonds is 3. The Balaban J connectivity index is 1.76. The summed E-state index contributed by atoms with van der Waals surface area (Å²) < 4.78 is 0. The fourth-order valence-corrected chi connectivity index (χ4v) is 1.84. The summed E-state index contributed by atoms with van der Waals surface area (Å²) in [7, 11) is 0. The maximum absolute atomic E-state index is 11.4. The Hall–Kier alpha value is -0.790. The van der Waals surface area contributed by atoms with E-state index in [-0.39, 0.29) is 5.91 Å². The average molecular weight is 179 g/mol. The Morgan fingerprint density at radius 2 is 2.15 bits per heavy atom. The molecule has 0 aromatic heterocycles. The van der Waals surface area contributed by atoms with Crippen molar-refractivity contribution >= 4 is 5.91 Å². The van der Waals surface area contributed by atoms with E-state index in [4.69, 9.17) is 0 Å². The summed E-state index contributed by atoms with van der Waals surface area (Å²) in [4.78, 5) is 11.4. The van der Waals surface area contributed by atoms with E-state index in [0.29, 0.717) is 6.04 Å². The first-order chi connectivity index (χ1) is 6.22. The summed E-state index contributed by atoms with van der Waals surface area (Å²) in [5.74, 6) is 1.88. The average Bonchev–Trinajstić information content (AvgIpc) is 2.93. The molecule has 0 heterocycles. The second-order valence-electron chi connectivity index (χ2n) is 4.29. The van der Waals surface area contributed by atoms with Crippen molar-refractivity contribution in [3.05, 3.63) is 11.6 Å². The van der Waals surface area contributed by atoms with E-state index in [0.717, 1.165) is 17.4 Å². The van der Waals surface area contributed by atoms with Crippen LogP contribution in [0.5, 0.6) is 0 Å². The van der Waals surface area contributed by atoms with Crippen molar-refractivity contribution < 1.29 is 4.79 Å². The van der Waals surface area contributed by atoms with E-state index in [1.807, 2.05) is 19.9 Å². The molecule has 2 aliphatic carbocycles. The molecule has 0 spiro atoms. The predicted molar refractivity (Wildman–Crippen MR) is 52.2 cm³/mol. The summed E-state index contributed by atoms with van der Waals surface area (Å²) in [5.41, 5.74) is 0.835. The van der Waals surface area contributed by atoms with Crippen LogP contribution in [0.25, 0.3) is 0 Å². The molecular weight excluding hydrogens is 162 g/mol. The molecule has 0 unspecified atom stereocenters. The molecule has 2 saturated carbocycles. The number of carbonyl (C=O) groups is 1. The van der Waals surface area contributed by atoms with Gasteiger partial charge in [0, 0.05) is 11.6 Å². The van der Waals surface area contributed by atoms with Crippen LogP contribution < -0.4 is 5.32 Å². The van der Waals surface area contributed by atoms with Gasteiger partial charge in [-0.1, -0.05) is 6.08 Å². The molecule has 0 radical (unpaired) electrons. The minimum Gasteiger partial charge on any atom is -0.349 e. The van der Waals surface area contributed by atoms with Crippen molar-refractivity contribution in [1.29, 1.82) is 0 Å². The van der Waals surface area contributed by atoms with Crippen LogP contribution in [0.3, 0.4) is 0 Å². The van der Waals surface area contributed by atoms with Crippen LogP contribution in [-0.2, 0) is 4.79 Å². The molecular formula is C11H17NO. The molecule has 1 N–H and O–H groups in total. The van der Waals surface area contributed by atoms with Crippen molar-refractivity contribution in [2.24, 2.45) is 11.8 Å². The molecule has 72 valence electrons. The Kier molecular flexibility index (Phi) is 2.14. The first kappa shape index (κ1) is 8.79. The molecule has 2 atom stereocenters. The van der Waals surface area contributed by atoms with E-state index in [9.17, 15) is 4.79 Å². The number of hydrogen-bond donors (Lipinski definition) is 1. The van der Waals surface area contributed by atoms with Crippen LogP contribution in [0, 0.1) is 11.8 Å². The van der Waals surface area contributed by atoms with E-state index >= 15 is 0 Å². The zero-order chi connectivity index (χ0) is 9.42. The highest BCUT2D eigenvalue weighted by Gasteiger charge is 2.48. The van der Waals surface area contributed by atoms with Crippen LogP contribution >= 0.6 is 0 Å². The van der Waals surface area contributed by atoms with Crippen molar-refractivity contribution in [2.45, 2.75) is 39.2 Å². The Morgan fingerprint density at radius 3 is 2.69 bits per heavy atom. The van der Waals surface area contributed by atoms with Crippen LogP contribution in [0.4, 0.5) is 0 Å². The SMILES string of the molecule is C/C=C(/C)C(=O)N[C@@H]1C[C@H]1C1CC1. The molecule has 0 saturated heterocycles. The van der Waals surface area contributed by atoms with Gasteiger partial charge in [0.1, 0.15) is 0 Å². The molecule has 0 bridgehead atoms. The van der Waals surface area contributed by atoms with Gasteiger partial charge < -0.3 is 5.32 Å². The van der Waals surface area contributed by atoms with Crippen molar-refractivity contribution in [2.75, 3.05) is 0 Å². The second kappa shape index (κ2) is 3.17. The molecule has 13 heavy (non-hydrogen) atoms. The molecule has 1 amide bonds. The van der Waals surface area contributed by atoms with E-state index in [1.54, 1.807) is 0 Å². The van der Waals surface area contributed by atoms with Gasteiger partial charge in [-0.15, -0.1) is 0 Å². The van der Waals surface area contributed by atoms with Crippen molar-refractivity contribution in [3.63, 3.8) is 0 Å². The molecule has 0 aliphatic heterocycles. The normalized spacial score (nSPS) is 32.9.